The summed E-state index contributed by atoms with van der Waals surface area (Å²) < 4.78 is 0. The highest BCUT2D eigenvalue weighted by molar-refractivity contribution is 8.00. The van der Waals surface area contributed by atoms with E-state index in [0.717, 1.165) is 16.0 Å². The largest absolute Gasteiger partial charge is 0.324 e. The molecule has 2 nitrogen and oxygen atoms in total. The monoisotopic (exact) mass is 333 g/mol. The van der Waals surface area contributed by atoms with Crippen LogP contribution in [0.25, 0.3) is 0 Å². The van der Waals surface area contributed by atoms with Gasteiger partial charge in [-0.15, -0.1) is 11.8 Å². The molecule has 1 N–H and O–H groups in total. The Morgan fingerprint density at radius 2 is 1.73 bits per heavy atom. The number of anilines is 1. The number of nitrogens with one attached hydrogen (secondary N) is 1. The normalized spacial score (nSPS) is 10.6. The van der Waals surface area contributed by atoms with Gasteiger partial charge in [0.25, 0.3) is 0 Å². The summed E-state index contributed by atoms with van der Waals surface area (Å²) in [5.74, 6) is 0.326. The second-order valence-corrected chi connectivity index (χ2v) is 6.97. The molecule has 0 aliphatic heterocycles. The highest BCUT2D eigenvalue weighted by atomic mass is 35.5. The highest BCUT2D eigenvalue weighted by Gasteiger charge is 2.10. The Morgan fingerprint density at radius 1 is 1.05 bits per heavy atom. The molecule has 0 spiro atoms. The second-order valence-electron chi connectivity index (χ2n) is 5.54. The van der Waals surface area contributed by atoms with Crippen molar-refractivity contribution < 1.29 is 4.79 Å². The zero-order valence-corrected chi connectivity index (χ0v) is 14.9. The quantitative estimate of drug-likeness (QED) is 0.769. The van der Waals surface area contributed by atoms with Crippen LogP contribution in [-0.2, 0) is 4.79 Å². The van der Waals surface area contributed by atoms with E-state index in [1.165, 1.54) is 11.1 Å². The first-order valence-electron chi connectivity index (χ1n) is 7.13. The minimum absolute atomic E-state index is 0.0428. The lowest BCUT2D eigenvalue weighted by Crippen LogP contribution is -2.15. The van der Waals surface area contributed by atoms with Crippen molar-refractivity contribution in [3.05, 3.63) is 57.6 Å². The molecule has 0 fully saturated rings. The van der Waals surface area contributed by atoms with Crippen molar-refractivity contribution in [2.45, 2.75) is 32.6 Å². The number of carbonyl (C=O) groups excluding carboxylic acids is 1. The molecule has 0 saturated carbocycles. The third-order valence-corrected chi connectivity index (χ3v) is 4.86. The third kappa shape index (κ3) is 4.28. The van der Waals surface area contributed by atoms with Gasteiger partial charge >= 0.3 is 0 Å². The molecule has 2 aromatic rings. The Morgan fingerprint density at radius 3 is 2.36 bits per heavy atom. The number of thioether (sulfide) groups is 1. The number of carbonyl (C=O) groups is 1. The molecular weight excluding hydrogens is 314 g/mol. The van der Waals surface area contributed by atoms with Crippen LogP contribution in [0.3, 0.4) is 0 Å². The molecule has 0 unspecified atom stereocenters. The van der Waals surface area contributed by atoms with E-state index < -0.39 is 0 Å². The van der Waals surface area contributed by atoms with Gasteiger partial charge in [0.2, 0.25) is 5.91 Å². The maximum absolute atomic E-state index is 12.2. The van der Waals surface area contributed by atoms with Gasteiger partial charge in [0.05, 0.1) is 16.5 Å². The first-order chi connectivity index (χ1) is 10.4. The molecule has 0 bridgehead atoms. The van der Waals surface area contributed by atoms with E-state index in [1.54, 1.807) is 11.8 Å². The predicted octanol–water partition coefficient (Wildman–Crippen LogP) is 5.30. The number of amides is 1. The standard InChI is InChI=1S/C18H20ClNOS/c1-11-5-6-16(13(3)7-11)22-10-17(21)20-18-14(4)8-12(2)9-15(18)19/h5-9H,10H2,1-4H3,(H,20,21). The molecule has 2 aromatic carbocycles. The fourth-order valence-electron chi connectivity index (χ4n) is 2.35. The number of hydrogen-bond acceptors (Lipinski definition) is 2. The molecule has 0 saturated heterocycles. The lowest BCUT2D eigenvalue weighted by molar-refractivity contribution is -0.113. The summed E-state index contributed by atoms with van der Waals surface area (Å²) in [6, 6.07) is 10.1. The number of aryl methyl sites for hydroxylation is 4. The fraction of sp³-hybridized carbons (Fsp3) is 0.278. The van der Waals surface area contributed by atoms with E-state index in [-0.39, 0.29) is 5.91 Å². The summed E-state index contributed by atoms with van der Waals surface area (Å²) in [6.07, 6.45) is 0. The maximum Gasteiger partial charge on any atom is 0.234 e. The highest BCUT2D eigenvalue weighted by Crippen LogP contribution is 2.28. The maximum atomic E-state index is 12.2. The van der Waals surface area contributed by atoms with Gasteiger partial charge in [0, 0.05) is 4.90 Å². The summed E-state index contributed by atoms with van der Waals surface area (Å²) in [7, 11) is 0. The zero-order chi connectivity index (χ0) is 16.3. The smallest absolute Gasteiger partial charge is 0.234 e. The van der Waals surface area contributed by atoms with Crippen LogP contribution >= 0.6 is 23.4 Å². The number of benzene rings is 2. The first kappa shape index (κ1) is 16.9. The Hall–Kier alpha value is -1.45. The SMILES string of the molecule is Cc1ccc(SCC(=O)Nc2c(C)cc(C)cc2Cl)c(C)c1. The summed E-state index contributed by atoms with van der Waals surface area (Å²) >= 11 is 7.76. The van der Waals surface area contributed by atoms with Crippen molar-refractivity contribution in [2.24, 2.45) is 0 Å². The summed E-state index contributed by atoms with van der Waals surface area (Å²) in [5.41, 5.74) is 5.20. The number of halogens is 1. The predicted molar refractivity (Wildman–Crippen MR) is 96.2 cm³/mol. The van der Waals surface area contributed by atoms with E-state index in [0.29, 0.717) is 16.5 Å². The third-order valence-electron chi connectivity index (χ3n) is 3.39. The summed E-state index contributed by atoms with van der Waals surface area (Å²) in [4.78, 5) is 13.3. The van der Waals surface area contributed by atoms with Crippen molar-refractivity contribution >= 4 is 35.0 Å². The lowest BCUT2D eigenvalue weighted by Gasteiger charge is -2.12. The van der Waals surface area contributed by atoms with Gasteiger partial charge in [-0.25, -0.2) is 0 Å². The van der Waals surface area contributed by atoms with Crippen molar-refractivity contribution in [1.29, 1.82) is 0 Å². The minimum atomic E-state index is -0.0428. The molecule has 22 heavy (non-hydrogen) atoms. The average Bonchev–Trinajstić information content (AvgIpc) is 2.42. The number of hydrogen-bond donors (Lipinski definition) is 1. The molecule has 0 atom stereocenters. The van der Waals surface area contributed by atoms with Crippen molar-refractivity contribution in [1.82, 2.24) is 0 Å². The second kappa shape index (κ2) is 7.21. The molecule has 0 aliphatic carbocycles. The van der Waals surface area contributed by atoms with Gasteiger partial charge < -0.3 is 5.32 Å². The average molecular weight is 334 g/mol. The van der Waals surface area contributed by atoms with Crippen LogP contribution < -0.4 is 5.32 Å². The summed E-state index contributed by atoms with van der Waals surface area (Å²) in [5, 5.41) is 3.50. The molecule has 0 aromatic heterocycles. The van der Waals surface area contributed by atoms with Crippen molar-refractivity contribution in [3.63, 3.8) is 0 Å². The van der Waals surface area contributed by atoms with E-state index >= 15 is 0 Å². The van der Waals surface area contributed by atoms with Gasteiger partial charge in [-0.2, -0.15) is 0 Å². The molecule has 2 rings (SSSR count). The van der Waals surface area contributed by atoms with Crippen LogP contribution in [0.1, 0.15) is 22.3 Å². The van der Waals surface area contributed by atoms with E-state index in [4.69, 9.17) is 11.6 Å². The van der Waals surface area contributed by atoms with E-state index in [2.05, 4.69) is 37.4 Å². The minimum Gasteiger partial charge on any atom is -0.324 e. The Kier molecular flexibility index (Phi) is 5.54. The van der Waals surface area contributed by atoms with Gasteiger partial charge in [-0.05, 0) is 56.5 Å². The zero-order valence-electron chi connectivity index (χ0n) is 13.3. The molecule has 0 radical (unpaired) electrons. The van der Waals surface area contributed by atoms with Crippen LogP contribution in [0, 0.1) is 27.7 Å². The first-order valence-corrected chi connectivity index (χ1v) is 8.50. The van der Waals surface area contributed by atoms with Crippen LogP contribution in [0.5, 0.6) is 0 Å². The topological polar surface area (TPSA) is 29.1 Å². The van der Waals surface area contributed by atoms with Gasteiger partial charge in [0.1, 0.15) is 0 Å². The van der Waals surface area contributed by atoms with E-state index in [9.17, 15) is 4.79 Å². The molecule has 0 heterocycles. The van der Waals surface area contributed by atoms with Gasteiger partial charge in [-0.1, -0.05) is 35.4 Å². The molecule has 116 valence electrons. The summed E-state index contributed by atoms with van der Waals surface area (Å²) in [6.45, 7) is 8.07. The van der Waals surface area contributed by atoms with Crippen LogP contribution in [0.4, 0.5) is 5.69 Å². The molecule has 0 aliphatic rings. The number of rotatable bonds is 4. The van der Waals surface area contributed by atoms with Crippen LogP contribution in [-0.4, -0.2) is 11.7 Å². The molecule has 1 amide bonds. The van der Waals surface area contributed by atoms with Gasteiger partial charge in [-0.3, -0.25) is 4.79 Å². The van der Waals surface area contributed by atoms with Gasteiger partial charge in [0.15, 0.2) is 0 Å². The lowest BCUT2D eigenvalue weighted by atomic mass is 10.1. The Bertz CT molecular complexity index is 689. The Balaban J connectivity index is 2.02. The Labute approximate surface area is 141 Å². The van der Waals surface area contributed by atoms with Crippen LogP contribution in [0.15, 0.2) is 35.2 Å². The van der Waals surface area contributed by atoms with Crippen molar-refractivity contribution in [2.75, 3.05) is 11.1 Å². The molecule has 4 heteroatoms. The van der Waals surface area contributed by atoms with Crippen LogP contribution in [0.2, 0.25) is 5.02 Å². The molecular formula is C18H20ClNOS. The fourth-order valence-corrected chi connectivity index (χ4v) is 3.53. The van der Waals surface area contributed by atoms with Crippen molar-refractivity contribution in [3.8, 4) is 0 Å². The van der Waals surface area contributed by atoms with E-state index in [1.807, 2.05) is 26.0 Å².